The van der Waals surface area contributed by atoms with Crippen LogP contribution in [-0.2, 0) is 42.9 Å². The van der Waals surface area contributed by atoms with Gasteiger partial charge in [0.05, 0.1) is 45.2 Å². The molecule has 16 nitrogen and oxygen atoms in total. The van der Waals surface area contributed by atoms with Crippen LogP contribution >= 0.6 is 0 Å². The van der Waals surface area contributed by atoms with Crippen molar-refractivity contribution in [3.8, 4) is 5.75 Å². The number of aromatic carboxylic acids is 1. The fraction of sp³-hybridized carbons (Fsp3) is 0.727. The van der Waals surface area contributed by atoms with Gasteiger partial charge in [0.1, 0.15) is 30.8 Å². The molecule has 3 atom stereocenters. The van der Waals surface area contributed by atoms with E-state index in [1.165, 1.54) is 12.1 Å². The van der Waals surface area contributed by atoms with Gasteiger partial charge in [0.15, 0.2) is 5.78 Å². The van der Waals surface area contributed by atoms with E-state index in [4.69, 9.17) is 28.8 Å². The number of carboxylic acid groups (broad SMARTS) is 2. The highest BCUT2D eigenvalue weighted by Gasteiger charge is 2.20. The molecular formula is C44H73N3O13. The van der Waals surface area contributed by atoms with Gasteiger partial charge in [-0.25, -0.2) is 4.79 Å². The summed E-state index contributed by atoms with van der Waals surface area (Å²) in [4.78, 5) is 70.1. The van der Waals surface area contributed by atoms with Gasteiger partial charge in [-0.3, -0.25) is 24.0 Å². The van der Waals surface area contributed by atoms with E-state index in [2.05, 4.69) is 16.0 Å². The summed E-state index contributed by atoms with van der Waals surface area (Å²) in [5.74, 6) is -1.52. The molecular weight excluding hydrogens is 778 g/mol. The number of carbonyl (C=O) groups is 6. The molecule has 60 heavy (non-hydrogen) atoms. The normalized spacial score (nSPS) is 12.7. The number of rotatable bonds is 41. The van der Waals surface area contributed by atoms with Crippen LogP contribution in [0.5, 0.6) is 5.75 Å². The maximum atomic E-state index is 12.3. The summed E-state index contributed by atoms with van der Waals surface area (Å²) in [6.45, 7) is 8.56. The fourth-order valence-electron chi connectivity index (χ4n) is 5.94. The molecule has 0 bridgehead atoms. The molecule has 1 rings (SSSR count). The molecule has 0 aromatic heterocycles. The predicted octanol–water partition coefficient (Wildman–Crippen LogP) is 5.14. The minimum absolute atomic E-state index is 0.0108. The lowest BCUT2D eigenvalue weighted by Crippen LogP contribution is -2.43. The molecule has 0 aliphatic heterocycles. The Labute approximate surface area is 356 Å². The second kappa shape index (κ2) is 35.8. The van der Waals surface area contributed by atoms with Crippen molar-refractivity contribution in [2.24, 2.45) is 5.92 Å². The van der Waals surface area contributed by atoms with E-state index in [1.807, 2.05) is 13.8 Å². The summed E-state index contributed by atoms with van der Waals surface area (Å²) in [5.41, 5.74) is 0.237. The summed E-state index contributed by atoms with van der Waals surface area (Å²) in [6.07, 6.45) is 11.9. The number of hydrogen-bond donors (Lipinski definition) is 5. The molecule has 0 saturated carbocycles. The number of carbonyl (C=O) groups excluding carboxylic acids is 4. The molecule has 1 aromatic carbocycles. The third-order valence-corrected chi connectivity index (χ3v) is 9.73. The number of unbranched alkanes of at least 4 members (excludes halogenated alkanes) is 7. The number of aliphatic carboxylic acids is 1. The van der Waals surface area contributed by atoms with Gasteiger partial charge in [0.2, 0.25) is 11.8 Å². The first-order valence-corrected chi connectivity index (χ1v) is 21.7. The number of hydrogen-bond acceptors (Lipinski definition) is 12. The van der Waals surface area contributed by atoms with E-state index in [-0.39, 0.29) is 99.9 Å². The summed E-state index contributed by atoms with van der Waals surface area (Å²) in [5, 5.41) is 27.3. The van der Waals surface area contributed by atoms with Crippen molar-refractivity contribution in [1.82, 2.24) is 16.0 Å². The molecule has 0 aliphatic carbocycles. The van der Waals surface area contributed by atoms with E-state index in [9.17, 15) is 33.9 Å². The molecule has 0 saturated heterocycles. The highest BCUT2D eigenvalue weighted by atomic mass is 16.5. The highest BCUT2D eigenvalue weighted by Crippen LogP contribution is 2.15. The Bertz CT molecular complexity index is 1340. The van der Waals surface area contributed by atoms with Crippen LogP contribution in [0.1, 0.15) is 127 Å². The summed E-state index contributed by atoms with van der Waals surface area (Å²) in [6, 6.07) is 5.60. The molecule has 5 N–H and O–H groups in total. The van der Waals surface area contributed by atoms with Crippen LogP contribution in [0, 0.1) is 5.92 Å². The Morgan fingerprint density at radius 3 is 1.85 bits per heavy atom. The largest absolute Gasteiger partial charge is 0.494 e. The number of Topliss-reactive ketones (excluding diaryl/α,β-unsaturated/α-hetero) is 2. The summed E-state index contributed by atoms with van der Waals surface area (Å²) in [7, 11) is 0. The lowest BCUT2D eigenvalue weighted by Gasteiger charge is -2.20. The highest BCUT2D eigenvalue weighted by molar-refractivity contribution is 5.87. The number of nitrogens with one attached hydrogen (secondary N) is 3. The maximum Gasteiger partial charge on any atom is 0.335 e. The van der Waals surface area contributed by atoms with Gasteiger partial charge in [-0.15, -0.1) is 0 Å². The molecule has 1 unspecified atom stereocenters. The second-order valence-corrected chi connectivity index (χ2v) is 15.1. The Balaban J connectivity index is 1.93. The minimum atomic E-state index is -0.979. The summed E-state index contributed by atoms with van der Waals surface area (Å²) >= 11 is 0. The van der Waals surface area contributed by atoms with Gasteiger partial charge in [-0.1, -0.05) is 51.9 Å². The first kappa shape index (κ1) is 54.1. The van der Waals surface area contributed by atoms with Crippen LogP contribution in [0.15, 0.2) is 24.3 Å². The average molecular weight is 852 g/mol. The number of ether oxygens (including phenoxy) is 5. The standard InChI is InChI=1S/C44H73N3O13/c1-34(36(3)48)14-10-11-23-45-42(51)33-59-31-28-56-25-13-16-38(49)32-58-30-29-57-27-24-46-41(50)22-21-40(44(54)55)47-35(2)15-9-7-5-4-6-8-12-26-60-39-19-17-37(18-20-39)43(52)53/h17-20,34-35,40,47H,4-16,21-33H2,1-3H3,(H,45,51)(H,46,50)(H,52,53)(H,54,55)/t34-,35?,40-/m0/s1. The number of benzene rings is 1. The van der Waals surface area contributed by atoms with Gasteiger partial charge < -0.3 is 49.8 Å². The van der Waals surface area contributed by atoms with Gasteiger partial charge in [-0.2, -0.15) is 0 Å². The zero-order valence-corrected chi connectivity index (χ0v) is 36.3. The van der Waals surface area contributed by atoms with Crippen molar-refractivity contribution < 1.29 is 62.7 Å². The SMILES string of the molecule is CC(=O)[C@@H](C)CCCCNC(=O)COCCOCCCC(=O)COCCOCCNC(=O)CC[C@H](NC(C)CCCCCCCCCOc1ccc(C(=O)O)cc1)C(=O)O. The molecule has 0 aliphatic rings. The van der Waals surface area contributed by atoms with Gasteiger partial charge in [-0.05, 0) is 76.6 Å². The predicted molar refractivity (Wildman–Crippen MR) is 226 cm³/mol. The van der Waals surface area contributed by atoms with E-state index in [0.29, 0.717) is 45.0 Å². The third kappa shape index (κ3) is 31.0. The van der Waals surface area contributed by atoms with Crippen molar-refractivity contribution in [2.45, 2.75) is 129 Å². The Morgan fingerprint density at radius 2 is 1.18 bits per heavy atom. The van der Waals surface area contributed by atoms with Gasteiger partial charge in [0.25, 0.3) is 0 Å². The molecule has 1 aromatic rings. The maximum absolute atomic E-state index is 12.3. The number of amides is 2. The molecule has 342 valence electrons. The quantitative estimate of drug-likeness (QED) is 0.0539. The fourth-order valence-corrected chi connectivity index (χ4v) is 5.94. The van der Waals surface area contributed by atoms with Crippen molar-refractivity contribution in [3.05, 3.63) is 29.8 Å². The Hall–Kier alpha value is -3.96. The molecule has 0 heterocycles. The smallest absolute Gasteiger partial charge is 0.335 e. The summed E-state index contributed by atoms with van der Waals surface area (Å²) < 4.78 is 27.2. The Morgan fingerprint density at radius 1 is 0.583 bits per heavy atom. The Kier molecular flexibility index (Phi) is 32.2. The zero-order valence-electron chi connectivity index (χ0n) is 36.3. The first-order chi connectivity index (χ1) is 28.9. The van der Waals surface area contributed by atoms with Crippen molar-refractivity contribution in [2.75, 3.05) is 72.6 Å². The van der Waals surface area contributed by atoms with E-state index < -0.39 is 18.0 Å². The molecule has 0 radical (unpaired) electrons. The average Bonchev–Trinajstić information content (AvgIpc) is 3.21. The monoisotopic (exact) mass is 852 g/mol. The topological polar surface area (TPSA) is 225 Å². The van der Waals surface area contributed by atoms with Crippen molar-refractivity contribution in [1.29, 1.82) is 0 Å². The van der Waals surface area contributed by atoms with E-state index >= 15 is 0 Å². The van der Waals surface area contributed by atoms with Crippen LogP contribution in [0.2, 0.25) is 0 Å². The number of carboxylic acids is 2. The van der Waals surface area contributed by atoms with Crippen LogP contribution in [-0.4, -0.2) is 130 Å². The lowest BCUT2D eigenvalue weighted by molar-refractivity contribution is -0.140. The van der Waals surface area contributed by atoms with E-state index in [1.54, 1.807) is 19.1 Å². The molecule has 0 fully saturated rings. The van der Waals surface area contributed by atoms with Crippen molar-refractivity contribution >= 4 is 35.3 Å². The molecule has 16 heteroatoms. The molecule has 2 amide bonds. The lowest BCUT2D eigenvalue weighted by atomic mass is 10.0. The minimum Gasteiger partial charge on any atom is -0.494 e. The van der Waals surface area contributed by atoms with Crippen LogP contribution < -0.4 is 20.7 Å². The first-order valence-electron chi connectivity index (χ1n) is 21.7. The van der Waals surface area contributed by atoms with Gasteiger partial charge >= 0.3 is 11.9 Å². The van der Waals surface area contributed by atoms with Crippen LogP contribution in [0.4, 0.5) is 0 Å². The molecule has 0 spiro atoms. The van der Waals surface area contributed by atoms with Crippen molar-refractivity contribution in [3.63, 3.8) is 0 Å². The van der Waals surface area contributed by atoms with Gasteiger partial charge in [0, 0.05) is 44.5 Å². The zero-order chi connectivity index (χ0) is 44.2. The van der Waals surface area contributed by atoms with Crippen LogP contribution in [0.3, 0.4) is 0 Å². The second-order valence-electron chi connectivity index (χ2n) is 15.1. The van der Waals surface area contributed by atoms with E-state index in [0.717, 1.165) is 70.6 Å². The third-order valence-electron chi connectivity index (χ3n) is 9.73. The number of ketones is 2. The van der Waals surface area contributed by atoms with Crippen LogP contribution in [0.25, 0.3) is 0 Å².